The van der Waals surface area contributed by atoms with E-state index in [9.17, 15) is 18.0 Å². The predicted molar refractivity (Wildman–Crippen MR) is 88.0 cm³/mol. The number of rotatable bonds is 4. The molecule has 1 aliphatic rings. The second-order valence-corrected chi connectivity index (χ2v) is 7.48. The van der Waals surface area contributed by atoms with E-state index in [4.69, 9.17) is 11.6 Å². The lowest BCUT2D eigenvalue weighted by molar-refractivity contribution is -0.121. The van der Waals surface area contributed by atoms with Gasteiger partial charge in [-0.05, 0) is 29.8 Å². The van der Waals surface area contributed by atoms with Crippen LogP contribution in [0.3, 0.4) is 0 Å². The van der Waals surface area contributed by atoms with E-state index in [1.54, 1.807) is 30.3 Å². The van der Waals surface area contributed by atoms with Crippen molar-refractivity contribution in [1.82, 2.24) is 9.62 Å². The first-order valence-corrected chi connectivity index (χ1v) is 8.88. The van der Waals surface area contributed by atoms with Crippen molar-refractivity contribution in [2.75, 3.05) is 6.54 Å². The highest BCUT2D eigenvalue weighted by Gasteiger charge is 2.41. The Balaban J connectivity index is 1.69. The third-order valence-electron chi connectivity index (χ3n) is 3.60. The lowest BCUT2D eigenvalue weighted by Gasteiger charge is -2.14. The lowest BCUT2D eigenvalue weighted by atomic mass is 10.2. The smallest absolute Gasteiger partial charge is 0.269 e. The average Bonchev–Trinajstić information content (AvgIpc) is 2.76. The monoisotopic (exact) mass is 364 g/mol. The molecule has 1 N–H and O–H groups in total. The van der Waals surface area contributed by atoms with Crippen LogP contribution in [-0.2, 0) is 21.4 Å². The zero-order chi connectivity index (χ0) is 17.3. The van der Waals surface area contributed by atoms with Gasteiger partial charge in [0.25, 0.3) is 15.9 Å². The number of carbonyl (C=O) groups excluding carboxylic acids is 2. The van der Waals surface area contributed by atoms with Crippen molar-refractivity contribution >= 4 is 33.4 Å². The van der Waals surface area contributed by atoms with Gasteiger partial charge < -0.3 is 5.32 Å². The molecule has 0 bridgehead atoms. The largest absolute Gasteiger partial charge is 0.350 e. The Hall–Kier alpha value is -2.38. The molecule has 0 aromatic heterocycles. The topological polar surface area (TPSA) is 83.6 Å². The van der Waals surface area contributed by atoms with Crippen LogP contribution in [0.4, 0.5) is 0 Å². The first kappa shape index (κ1) is 16.5. The molecule has 124 valence electrons. The van der Waals surface area contributed by atoms with Crippen molar-refractivity contribution in [3.63, 3.8) is 0 Å². The van der Waals surface area contributed by atoms with Crippen molar-refractivity contribution in [1.29, 1.82) is 0 Å². The number of nitrogens with one attached hydrogen (secondary N) is 1. The van der Waals surface area contributed by atoms with E-state index in [-0.39, 0.29) is 17.0 Å². The highest BCUT2D eigenvalue weighted by Crippen LogP contribution is 2.29. The van der Waals surface area contributed by atoms with E-state index in [0.717, 1.165) is 5.56 Å². The Kier molecular flexibility index (Phi) is 4.29. The summed E-state index contributed by atoms with van der Waals surface area (Å²) in [6.45, 7) is -0.339. The van der Waals surface area contributed by atoms with Crippen molar-refractivity contribution in [2.45, 2.75) is 11.4 Å². The van der Waals surface area contributed by atoms with Gasteiger partial charge in [-0.3, -0.25) is 9.59 Å². The molecule has 0 atom stereocenters. The number of halogens is 1. The normalized spacial score (nSPS) is 15.2. The highest BCUT2D eigenvalue weighted by molar-refractivity contribution is 7.90. The van der Waals surface area contributed by atoms with Gasteiger partial charge in [0.1, 0.15) is 11.4 Å². The van der Waals surface area contributed by atoms with Crippen LogP contribution in [0.2, 0.25) is 5.02 Å². The molecule has 24 heavy (non-hydrogen) atoms. The summed E-state index contributed by atoms with van der Waals surface area (Å²) in [7, 11) is -3.97. The number of amides is 2. The summed E-state index contributed by atoms with van der Waals surface area (Å²) in [6.07, 6.45) is 0. The van der Waals surface area contributed by atoms with Gasteiger partial charge in [-0.2, -0.15) is 0 Å². The van der Waals surface area contributed by atoms with Crippen molar-refractivity contribution in [2.24, 2.45) is 0 Å². The van der Waals surface area contributed by atoms with Crippen molar-refractivity contribution < 1.29 is 18.0 Å². The van der Waals surface area contributed by atoms with Crippen LogP contribution >= 0.6 is 11.6 Å². The second-order valence-electron chi connectivity index (χ2n) is 5.22. The number of carbonyl (C=O) groups is 2. The van der Waals surface area contributed by atoms with E-state index in [1.807, 2.05) is 0 Å². The molecule has 0 unspecified atom stereocenters. The molecule has 0 spiro atoms. The molecule has 0 aliphatic carbocycles. The lowest BCUT2D eigenvalue weighted by Crippen LogP contribution is -2.40. The molecule has 2 aromatic rings. The Morgan fingerprint density at radius 3 is 2.42 bits per heavy atom. The first-order chi connectivity index (χ1) is 11.4. The fourth-order valence-corrected chi connectivity index (χ4v) is 4.03. The summed E-state index contributed by atoms with van der Waals surface area (Å²) in [5.74, 6) is -1.25. The summed E-state index contributed by atoms with van der Waals surface area (Å²) >= 11 is 5.78. The zero-order valence-corrected chi connectivity index (χ0v) is 14.0. The quantitative estimate of drug-likeness (QED) is 0.896. The maximum Gasteiger partial charge on any atom is 0.269 e. The summed E-state index contributed by atoms with van der Waals surface area (Å²) in [5.41, 5.74) is 0.898. The molecule has 8 heteroatoms. The first-order valence-electron chi connectivity index (χ1n) is 7.07. The maximum absolute atomic E-state index is 12.4. The third-order valence-corrected chi connectivity index (χ3v) is 5.64. The zero-order valence-electron chi connectivity index (χ0n) is 12.4. The third kappa shape index (κ3) is 3.00. The van der Waals surface area contributed by atoms with Crippen molar-refractivity contribution in [3.8, 4) is 0 Å². The van der Waals surface area contributed by atoms with Crippen LogP contribution in [0.5, 0.6) is 0 Å². The van der Waals surface area contributed by atoms with Crippen LogP contribution in [0, 0.1) is 0 Å². The molecule has 0 saturated carbocycles. The fourth-order valence-electron chi connectivity index (χ4n) is 2.38. The molecule has 1 heterocycles. The molecule has 2 amide bonds. The van der Waals surface area contributed by atoms with Crippen molar-refractivity contribution in [3.05, 3.63) is 64.7 Å². The summed E-state index contributed by atoms with van der Waals surface area (Å²) in [6, 6.07) is 12.8. The second kappa shape index (κ2) is 6.26. The Morgan fingerprint density at radius 1 is 1.08 bits per heavy atom. The SMILES string of the molecule is O=C(CN1C(=O)c2ccccc2S1(=O)=O)NCc1ccc(Cl)cc1. The van der Waals surface area contributed by atoms with Crippen LogP contribution in [0.25, 0.3) is 0 Å². The number of fused-ring (bicyclic) bond motifs is 1. The number of benzene rings is 2. The molecule has 0 radical (unpaired) electrons. The molecule has 1 aliphatic heterocycles. The Morgan fingerprint density at radius 2 is 1.75 bits per heavy atom. The van der Waals surface area contributed by atoms with Gasteiger partial charge in [-0.15, -0.1) is 0 Å². The maximum atomic E-state index is 12.4. The minimum Gasteiger partial charge on any atom is -0.350 e. The molecular formula is C16H13ClN2O4S. The van der Waals surface area contributed by atoms with E-state index >= 15 is 0 Å². The van der Waals surface area contributed by atoms with E-state index in [1.165, 1.54) is 18.2 Å². The Bertz CT molecular complexity index is 910. The Labute approximate surface area is 144 Å². The summed E-state index contributed by atoms with van der Waals surface area (Å²) < 4.78 is 25.3. The van der Waals surface area contributed by atoms with E-state index < -0.39 is 28.4 Å². The van der Waals surface area contributed by atoms with Gasteiger partial charge in [-0.1, -0.05) is 35.9 Å². The highest BCUT2D eigenvalue weighted by atomic mass is 35.5. The number of hydrogen-bond acceptors (Lipinski definition) is 4. The summed E-state index contributed by atoms with van der Waals surface area (Å²) in [4.78, 5) is 24.2. The van der Waals surface area contributed by atoms with Gasteiger partial charge in [0.05, 0.1) is 5.56 Å². The van der Waals surface area contributed by atoms with Crippen LogP contribution in [0.1, 0.15) is 15.9 Å². The van der Waals surface area contributed by atoms with Crippen LogP contribution < -0.4 is 5.32 Å². The predicted octanol–water partition coefficient (Wildman–Crippen LogP) is 1.80. The van der Waals surface area contributed by atoms with Gasteiger partial charge in [-0.25, -0.2) is 12.7 Å². The van der Waals surface area contributed by atoms with E-state index in [0.29, 0.717) is 9.33 Å². The molecule has 6 nitrogen and oxygen atoms in total. The molecule has 0 saturated heterocycles. The molecule has 0 fully saturated rings. The van der Waals surface area contributed by atoms with Crippen LogP contribution in [-0.4, -0.2) is 31.1 Å². The van der Waals surface area contributed by atoms with Crippen LogP contribution in [0.15, 0.2) is 53.4 Å². The fraction of sp³-hybridized carbons (Fsp3) is 0.125. The standard InChI is InChI=1S/C16H13ClN2O4S/c17-12-7-5-11(6-8-12)9-18-15(20)10-19-16(21)13-3-1-2-4-14(13)24(19,22)23/h1-8H,9-10H2,(H,18,20). The van der Waals surface area contributed by atoms with E-state index in [2.05, 4.69) is 5.32 Å². The molecule has 3 rings (SSSR count). The van der Waals surface area contributed by atoms with Gasteiger partial charge >= 0.3 is 0 Å². The van der Waals surface area contributed by atoms with Gasteiger partial charge in [0, 0.05) is 11.6 Å². The molecular weight excluding hydrogens is 352 g/mol. The number of nitrogens with zero attached hydrogens (tertiary/aromatic N) is 1. The summed E-state index contributed by atoms with van der Waals surface area (Å²) in [5, 5.41) is 3.17. The number of sulfonamides is 1. The minimum atomic E-state index is -3.97. The number of hydrogen-bond donors (Lipinski definition) is 1. The average molecular weight is 365 g/mol. The van der Waals surface area contributed by atoms with Gasteiger partial charge in [0.15, 0.2) is 0 Å². The minimum absolute atomic E-state index is 0.0690. The molecule has 2 aromatic carbocycles. The van der Waals surface area contributed by atoms with Gasteiger partial charge in [0.2, 0.25) is 5.91 Å².